The molecule has 0 fully saturated rings. The van der Waals surface area contributed by atoms with Crippen molar-refractivity contribution in [2.75, 3.05) is 25.5 Å². The number of hydrogen-bond acceptors (Lipinski definition) is 2. The van der Waals surface area contributed by atoms with E-state index in [1.807, 2.05) is 0 Å². The third kappa shape index (κ3) is 1.86. The molecule has 0 saturated heterocycles. The van der Waals surface area contributed by atoms with E-state index in [9.17, 15) is 0 Å². The first-order chi connectivity index (χ1) is 7.24. The average molecular weight is 204 g/mol. The van der Waals surface area contributed by atoms with Crippen LogP contribution < -0.4 is 10.6 Å². The monoisotopic (exact) mass is 204 g/mol. The first-order valence-electron chi connectivity index (χ1n) is 5.73. The molecule has 0 spiro atoms. The van der Waals surface area contributed by atoms with Crippen LogP contribution in [0.25, 0.3) is 0 Å². The largest absolute Gasteiger partial charge is 0.377 e. The molecule has 1 aliphatic rings. The van der Waals surface area contributed by atoms with Crippen molar-refractivity contribution in [3.05, 3.63) is 29.3 Å². The van der Waals surface area contributed by atoms with Crippen LogP contribution in [0.4, 0.5) is 5.69 Å². The normalized spacial score (nSPS) is 19.8. The molecule has 0 aromatic heterocycles. The quantitative estimate of drug-likeness (QED) is 0.799. The van der Waals surface area contributed by atoms with Gasteiger partial charge in [0.2, 0.25) is 0 Å². The summed E-state index contributed by atoms with van der Waals surface area (Å²) in [6.07, 6.45) is 3.74. The molecule has 1 aromatic rings. The summed E-state index contributed by atoms with van der Waals surface area (Å²) >= 11 is 0. The molecule has 1 aliphatic carbocycles. The van der Waals surface area contributed by atoms with Gasteiger partial charge in [-0.05, 0) is 48.9 Å². The van der Waals surface area contributed by atoms with Gasteiger partial charge in [0.05, 0.1) is 0 Å². The van der Waals surface area contributed by atoms with Crippen molar-refractivity contribution in [2.24, 2.45) is 5.73 Å². The van der Waals surface area contributed by atoms with Crippen molar-refractivity contribution in [3.8, 4) is 0 Å². The van der Waals surface area contributed by atoms with E-state index in [4.69, 9.17) is 5.73 Å². The lowest BCUT2D eigenvalue weighted by Crippen LogP contribution is -2.22. The molecule has 0 saturated carbocycles. The van der Waals surface area contributed by atoms with E-state index >= 15 is 0 Å². The van der Waals surface area contributed by atoms with E-state index in [0.717, 1.165) is 6.54 Å². The Labute approximate surface area is 92.1 Å². The van der Waals surface area contributed by atoms with E-state index in [1.54, 1.807) is 0 Å². The number of benzene rings is 1. The van der Waals surface area contributed by atoms with Gasteiger partial charge in [0.1, 0.15) is 0 Å². The second-order valence-electron chi connectivity index (χ2n) is 4.57. The second-order valence-corrected chi connectivity index (χ2v) is 4.57. The Morgan fingerprint density at radius 2 is 2.20 bits per heavy atom. The number of nitrogens with two attached hydrogens (primary N) is 1. The van der Waals surface area contributed by atoms with Crippen molar-refractivity contribution in [1.29, 1.82) is 0 Å². The summed E-state index contributed by atoms with van der Waals surface area (Å²) in [5, 5.41) is 0. The van der Waals surface area contributed by atoms with Gasteiger partial charge in [-0.3, -0.25) is 0 Å². The van der Waals surface area contributed by atoms with Gasteiger partial charge >= 0.3 is 0 Å². The number of anilines is 1. The maximum Gasteiger partial charge on any atom is 0.0399 e. The summed E-state index contributed by atoms with van der Waals surface area (Å²) in [5.41, 5.74) is 10.2. The maximum absolute atomic E-state index is 5.87. The summed E-state index contributed by atoms with van der Waals surface area (Å²) in [6.45, 7) is 0.776. The lowest BCUT2D eigenvalue weighted by Gasteiger charge is -2.29. The van der Waals surface area contributed by atoms with E-state index < -0.39 is 0 Å². The van der Waals surface area contributed by atoms with Crippen molar-refractivity contribution in [1.82, 2.24) is 0 Å². The summed E-state index contributed by atoms with van der Waals surface area (Å²) in [7, 11) is 4.22. The Balaban J connectivity index is 2.49. The van der Waals surface area contributed by atoms with Gasteiger partial charge in [-0.25, -0.2) is 0 Å². The Kier molecular flexibility index (Phi) is 2.96. The molecule has 82 valence electrons. The predicted molar refractivity (Wildman–Crippen MR) is 65.5 cm³/mol. The van der Waals surface area contributed by atoms with Gasteiger partial charge in [0, 0.05) is 19.8 Å². The fraction of sp³-hybridized carbons (Fsp3) is 0.538. The van der Waals surface area contributed by atoms with Crippen LogP contribution in [0.3, 0.4) is 0 Å². The van der Waals surface area contributed by atoms with Crippen LogP contribution in [0.5, 0.6) is 0 Å². The molecule has 0 aliphatic heterocycles. The molecule has 0 bridgehead atoms. The van der Waals surface area contributed by atoms with Gasteiger partial charge in [0.15, 0.2) is 0 Å². The molecule has 0 amide bonds. The van der Waals surface area contributed by atoms with Crippen LogP contribution in [0.1, 0.15) is 29.9 Å². The van der Waals surface area contributed by atoms with Crippen LogP contribution in [0, 0.1) is 0 Å². The molecule has 2 N–H and O–H groups in total. The third-order valence-corrected chi connectivity index (χ3v) is 3.35. The molecular weight excluding hydrogens is 184 g/mol. The van der Waals surface area contributed by atoms with Gasteiger partial charge in [-0.1, -0.05) is 12.1 Å². The van der Waals surface area contributed by atoms with Crippen molar-refractivity contribution < 1.29 is 0 Å². The van der Waals surface area contributed by atoms with Crippen molar-refractivity contribution in [2.45, 2.75) is 25.2 Å². The van der Waals surface area contributed by atoms with E-state index in [2.05, 4.69) is 37.2 Å². The molecule has 15 heavy (non-hydrogen) atoms. The van der Waals surface area contributed by atoms with E-state index in [0.29, 0.717) is 5.92 Å². The first kappa shape index (κ1) is 10.5. The van der Waals surface area contributed by atoms with Crippen LogP contribution in [-0.2, 0) is 6.42 Å². The SMILES string of the molecule is CN(C)c1cccc2c1C(CN)CCC2. The summed E-state index contributed by atoms with van der Waals surface area (Å²) in [5.74, 6) is 0.562. The van der Waals surface area contributed by atoms with Crippen molar-refractivity contribution >= 4 is 5.69 Å². The zero-order valence-electron chi connectivity index (χ0n) is 9.66. The topological polar surface area (TPSA) is 29.3 Å². The zero-order chi connectivity index (χ0) is 10.8. The number of rotatable bonds is 2. The predicted octanol–water partition coefficient (Wildman–Crippen LogP) is 2.13. The van der Waals surface area contributed by atoms with Gasteiger partial charge in [-0.2, -0.15) is 0 Å². The number of aryl methyl sites for hydroxylation is 1. The smallest absolute Gasteiger partial charge is 0.0399 e. The van der Waals surface area contributed by atoms with E-state index in [1.165, 1.54) is 36.1 Å². The van der Waals surface area contributed by atoms with Gasteiger partial charge < -0.3 is 10.6 Å². The fourth-order valence-corrected chi connectivity index (χ4v) is 2.60. The van der Waals surface area contributed by atoms with Gasteiger partial charge in [0.25, 0.3) is 0 Å². The van der Waals surface area contributed by atoms with Crippen LogP contribution >= 0.6 is 0 Å². The standard InChI is InChI=1S/C13H20N2/c1-15(2)12-8-4-6-10-5-3-7-11(9-14)13(10)12/h4,6,8,11H,3,5,7,9,14H2,1-2H3. The molecule has 2 heteroatoms. The fourth-order valence-electron chi connectivity index (χ4n) is 2.60. The average Bonchev–Trinajstić information content (AvgIpc) is 2.27. The number of nitrogens with zero attached hydrogens (tertiary/aromatic N) is 1. The summed E-state index contributed by atoms with van der Waals surface area (Å²) in [6, 6.07) is 6.62. The molecule has 0 heterocycles. The third-order valence-electron chi connectivity index (χ3n) is 3.35. The molecule has 1 atom stereocenters. The lowest BCUT2D eigenvalue weighted by atomic mass is 9.81. The molecule has 1 aromatic carbocycles. The molecule has 1 unspecified atom stereocenters. The minimum atomic E-state index is 0.562. The van der Waals surface area contributed by atoms with Crippen LogP contribution in [-0.4, -0.2) is 20.6 Å². The Morgan fingerprint density at radius 3 is 2.87 bits per heavy atom. The molecule has 2 nitrogen and oxygen atoms in total. The lowest BCUT2D eigenvalue weighted by molar-refractivity contribution is 0.560. The highest BCUT2D eigenvalue weighted by Crippen LogP contribution is 2.36. The molecule has 2 rings (SSSR count). The highest BCUT2D eigenvalue weighted by molar-refractivity contribution is 5.58. The minimum absolute atomic E-state index is 0.562. The minimum Gasteiger partial charge on any atom is -0.377 e. The number of hydrogen-bond donors (Lipinski definition) is 1. The van der Waals surface area contributed by atoms with Gasteiger partial charge in [-0.15, -0.1) is 0 Å². The second kappa shape index (κ2) is 4.23. The molecule has 0 radical (unpaired) electrons. The van der Waals surface area contributed by atoms with E-state index in [-0.39, 0.29) is 0 Å². The van der Waals surface area contributed by atoms with Crippen molar-refractivity contribution in [3.63, 3.8) is 0 Å². The highest BCUT2D eigenvalue weighted by atomic mass is 15.1. The molecular formula is C13H20N2. The van der Waals surface area contributed by atoms with Crippen LogP contribution in [0.2, 0.25) is 0 Å². The first-order valence-corrected chi connectivity index (χ1v) is 5.73. The Bertz CT molecular complexity index is 344. The zero-order valence-corrected chi connectivity index (χ0v) is 9.66. The summed E-state index contributed by atoms with van der Waals surface area (Å²) < 4.78 is 0. The Morgan fingerprint density at radius 1 is 1.40 bits per heavy atom. The van der Waals surface area contributed by atoms with Crippen LogP contribution in [0.15, 0.2) is 18.2 Å². The summed E-state index contributed by atoms with van der Waals surface area (Å²) in [4.78, 5) is 2.20. The maximum atomic E-state index is 5.87. The number of fused-ring (bicyclic) bond motifs is 1. The highest BCUT2D eigenvalue weighted by Gasteiger charge is 2.22. The Hall–Kier alpha value is -1.02.